The zero-order valence-corrected chi connectivity index (χ0v) is 12.1. The van der Waals surface area contributed by atoms with Crippen LogP contribution in [0.4, 0.5) is 0 Å². The Labute approximate surface area is 126 Å². The van der Waals surface area contributed by atoms with Crippen LogP contribution in [0.15, 0.2) is 28.8 Å². The molecular weight excluding hydrogens is 299 g/mol. The molecule has 3 rings (SSSR count). The van der Waals surface area contributed by atoms with Crippen LogP contribution in [0.5, 0.6) is 0 Å². The molecule has 2 aromatic rings. The number of amides is 1. The molecule has 1 aromatic carbocycles. The molecule has 0 N–H and O–H groups in total. The molecule has 0 fully saturated rings. The Balaban J connectivity index is 1.90. The van der Waals surface area contributed by atoms with Crippen LogP contribution in [0.3, 0.4) is 0 Å². The maximum Gasteiger partial charge on any atom is 0.237 e. The van der Waals surface area contributed by atoms with Crippen LogP contribution in [0, 0.1) is 0 Å². The first-order valence-corrected chi connectivity index (χ1v) is 7.17. The normalized spacial score (nSPS) is 14.2. The lowest BCUT2D eigenvalue weighted by Gasteiger charge is -2.25. The van der Waals surface area contributed by atoms with Crippen LogP contribution < -0.4 is 0 Å². The molecule has 1 amide bonds. The molecule has 0 unspecified atom stereocenters. The average Bonchev–Trinajstić information content (AvgIpc) is 2.90. The topological polar surface area (TPSA) is 46.3 Å². The van der Waals surface area contributed by atoms with Crippen molar-refractivity contribution >= 4 is 29.1 Å². The fourth-order valence-corrected chi connectivity index (χ4v) is 2.65. The standard InChI is InChI=1S/C14H12Cl2N2O2/c15-7-13(19)18-6-5-11-12(8-18)17-20-14(11)9-1-3-10(16)4-2-9/h1-4H,5-8H2. The van der Waals surface area contributed by atoms with E-state index in [0.717, 1.165) is 29.0 Å². The summed E-state index contributed by atoms with van der Waals surface area (Å²) in [5.74, 6) is 0.681. The van der Waals surface area contributed by atoms with E-state index in [4.69, 9.17) is 27.7 Å². The maximum absolute atomic E-state index is 11.6. The van der Waals surface area contributed by atoms with Crippen LogP contribution >= 0.6 is 23.2 Å². The number of carbonyl (C=O) groups excluding carboxylic acids is 1. The Bertz CT molecular complexity index is 637. The Morgan fingerprint density at radius 1 is 1.35 bits per heavy atom. The molecule has 0 spiro atoms. The number of aromatic nitrogens is 1. The second kappa shape index (κ2) is 5.46. The van der Waals surface area contributed by atoms with Gasteiger partial charge in [-0.3, -0.25) is 4.79 Å². The SMILES string of the molecule is O=C(CCl)N1CCc2c(noc2-c2ccc(Cl)cc2)C1. The number of hydrogen-bond acceptors (Lipinski definition) is 3. The van der Waals surface area contributed by atoms with Crippen molar-refractivity contribution in [2.75, 3.05) is 12.4 Å². The number of fused-ring (bicyclic) bond motifs is 1. The van der Waals surface area contributed by atoms with Gasteiger partial charge in [0, 0.05) is 22.7 Å². The minimum atomic E-state index is -0.0756. The molecule has 1 aliphatic rings. The number of alkyl halides is 1. The van der Waals surface area contributed by atoms with Crippen LogP contribution in [-0.2, 0) is 17.8 Å². The fourth-order valence-electron chi connectivity index (χ4n) is 2.36. The fraction of sp³-hybridized carbons (Fsp3) is 0.286. The van der Waals surface area contributed by atoms with Gasteiger partial charge in [0.2, 0.25) is 5.91 Å². The molecule has 2 heterocycles. The second-order valence-corrected chi connectivity index (χ2v) is 5.35. The Morgan fingerprint density at radius 2 is 2.10 bits per heavy atom. The minimum absolute atomic E-state index is 0.00275. The maximum atomic E-state index is 11.6. The number of halogens is 2. The highest BCUT2D eigenvalue weighted by Crippen LogP contribution is 2.30. The second-order valence-electron chi connectivity index (χ2n) is 4.64. The number of carbonyl (C=O) groups is 1. The summed E-state index contributed by atoms with van der Waals surface area (Å²) >= 11 is 11.5. The highest BCUT2D eigenvalue weighted by molar-refractivity contribution is 6.30. The van der Waals surface area contributed by atoms with E-state index in [0.29, 0.717) is 18.1 Å². The summed E-state index contributed by atoms with van der Waals surface area (Å²) in [7, 11) is 0. The third-order valence-corrected chi connectivity index (χ3v) is 3.90. The van der Waals surface area contributed by atoms with Crippen molar-refractivity contribution in [2.45, 2.75) is 13.0 Å². The van der Waals surface area contributed by atoms with Gasteiger partial charge >= 0.3 is 0 Å². The quantitative estimate of drug-likeness (QED) is 0.801. The Kier molecular flexibility index (Phi) is 3.68. The van der Waals surface area contributed by atoms with Gasteiger partial charge in [0.15, 0.2) is 5.76 Å². The van der Waals surface area contributed by atoms with Crippen molar-refractivity contribution in [1.29, 1.82) is 0 Å². The lowest BCUT2D eigenvalue weighted by atomic mass is 10.0. The molecular formula is C14H12Cl2N2O2. The van der Waals surface area contributed by atoms with Crippen molar-refractivity contribution in [1.82, 2.24) is 10.1 Å². The first-order valence-electron chi connectivity index (χ1n) is 6.26. The molecule has 0 saturated carbocycles. The highest BCUT2D eigenvalue weighted by Gasteiger charge is 2.26. The number of nitrogens with zero attached hydrogens (tertiary/aromatic N) is 2. The zero-order valence-electron chi connectivity index (χ0n) is 10.6. The molecule has 0 aliphatic carbocycles. The third kappa shape index (κ3) is 2.41. The first-order chi connectivity index (χ1) is 9.69. The van der Waals surface area contributed by atoms with Crippen LogP contribution in [0.2, 0.25) is 5.02 Å². The minimum Gasteiger partial charge on any atom is -0.356 e. The van der Waals surface area contributed by atoms with Gasteiger partial charge in [-0.1, -0.05) is 16.8 Å². The van der Waals surface area contributed by atoms with Crippen molar-refractivity contribution in [3.05, 3.63) is 40.5 Å². The van der Waals surface area contributed by atoms with Gasteiger partial charge < -0.3 is 9.42 Å². The van der Waals surface area contributed by atoms with Gasteiger partial charge in [0.1, 0.15) is 11.6 Å². The highest BCUT2D eigenvalue weighted by atomic mass is 35.5. The summed E-state index contributed by atoms with van der Waals surface area (Å²) in [6.45, 7) is 1.10. The van der Waals surface area contributed by atoms with Gasteiger partial charge in [-0.15, -0.1) is 11.6 Å². The predicted octanol–water partition coefficient (Wildman–Crippen LogP) is 3.12. The average molecular weight is 311 g/mol. The zero-order chi connectivity index (χ0) is 14.1. The third-order valence-electron chi connectivity index (χ3n) is 3.42. The first kappa shape index (κ1) is 13.5. The molecule has 104 valence electrons. The number of rotatable bonds is 2. The van der Waals surface area contributed by atoms with Crippen molar-refractivity contribution < 1.29 is 9.32 Å². The monoisotopic (exact) mass is 310 g/mol. The largest absolute Gasteiger partial charge is 0.356 e. The van der Waals surface area contributed by atoms with E-state index >= 15 is 0 Å². The summed E-state index contributed by atoms with van der Waals surface area (Å²) in [4.78, 5) is 13.3. The van der Waals surface area contributed by atoms with E-state index < -0.39 is 0 Å². The molecule has 0 atom stereocenters. The molecule has 6 heteroatoms. The van der Waals surface area contributed by atoms with Crippen molar-refractivity contribution in [3.8, 4) is 11.3 Å². The van der Waals surface area contributed by atoms with Gasteiger partial charge in [0.05, 0.1) is 6.54 Å². The summed E-state index contributed by atoms with van der Waals surface area (Å²) in [5.41, 5.74) is 2.81. The Morgan fingerprint density at radius 3 is 2.80 bits per heavy atom. The van der Waals surface area contributed by atoms with E-state index in [9.17, 15) is 4.79 Å². The van der Waals surface area contributed by atoms with E-state index in [1.807, 2.05) is 24.3 Å². The molecule has 0 radical (unpaired) electrons. The van der Waals surface area contributed by atoms with E-state index in [1.54, 1.807) is 4.90 Å². The van der Waals surface area contributed by atoms with Gasteiger partial charge in [-0.25, -0.2) is 0 Å². The summed E-state index contributed by atoms with van der Waals surface area (Å²) < 4.78 is 5.44. The molecule has 0 saturated heterocycles. The Hall–Kier alpha value is -1.52. The summed E-state index contributed by atoms with van der Waals surface area (Å²) in [5, 5.41) is 4.76. The smallest absolute Gasteiger partial charge is 0.237 e. The summed E-state index contributed by atoms with van der Waals surface area (Å²) in [6.07, 6.45) is 0.722. The lowest BCUT2D eigenvalue weighted by Crippen LogP contribution is -2.36. The van der Waals surface area contributed by atoms with Gasteiger partial charge in [0.25, 0.3) is 0 Å². The van der Waals surface area contributed by atoms with Crippen LogP contribution in [-0.4, -0.2) is 28.4 Å². The van der Waals surface area contributed by atoms with Crippen molar-refractivity contribution in [2.24, 2.45) is 0 Å². The van der Waals surface area contributed by atoms with E-state index in [1.165, 1.54) is 0 Å². The van der Waals surface area contributed by atoms with E-state index in [-0.39, 0.29) is 11.8 Å². The lowest BCUT2D eigenvalue weighted by molar-refractivity contribution is -0.129. The molecule has 0 bridgehead atoms. The van der Waals surface area contributed by atoms with Crippen LogP contribution in [0.1, 0.15) is 11.3 Å². The summed E-state index contributed by atoms with van der Waals surface area (Å²) in [6, 6.07) is 7.44. The molecule has 20 heavy (non-hydrogen) atoms. The number of benzene rings is 1. The van der Waals surface area contributed by atoms with Crippen molar-refractivity contribution in [3.63, 3.8) is 0 Å². The number of hydrogen-bond donors (Lipinski definition) is 0. The molecule has 4 nitrogen and oxygen atoms in total. The van der Waals surface area contributed by atoms with Crippen LogP contribution in [0.25, 0.3) is 11.3 Å². The molecule has 1 aliphatic heterocycles. The van der Waals surface area contributed by atoms with Gasteiger partial charge in [-0.05, 0) is 30.7 Å². The van der Waals surface area contributed by atoms with Gasteiger partial charge in [-0.2, -0.15) is 0 Å². The predicted molar refractivity (Wildman–Crippen MR) is 76.8 cm³/mol. The van der Waals surface area contributed by atoms with E-state index in [2.05, 4.69) is 5.16 Å². The molecule has 1 aromatic heterocycles.